The predicted octanol–water partition coefficient (Wildman–Crippen LogP) is 1.84. The standard InChI is InChI=1S/C7H8FN/c1-5-3-6(2)9-4-7(5)8/h3-4H,1-2H3. The number of hydrogen-bond acceptors (Lipinski definition) is 1. The molecule has 1 nitrogen and oxygen atoms in total. The molecule has 2 heteroatoms. The maximum Gasteiger partial charge on any atom is 0.144 e. The van der Waals surface area contributed by atoms with Crippen LogP contribution in [0.1, 0.15) is 11.3 Å². The Morgan fingerprint density at radius 3 is 2.56 bits per heavy atom. The fourth-order valence-electron chi connectivity index (χ4n) is 0.680. The Bertz CT molecular complexity index is 220. The summed E-state index contributed by atoms with van der Waals surface area (Å²) in [6, 6.07) is 1.72. The van der Waals surface area contributed by atoms with Gasteiger partial charge in [-0.1, -0.05) is 0 Å². The Labute approximate surface area is 53.5 Å². The number of rotatable bonds is 0. The van der Waals surface area contributed by atoms with E-state index in [0.29, 0.717) is 5.56 Å². The Balaban J connectivity index is 3.17. The van der Waals surface area contributed by atoms with Crippen LogP contribution in [0.3, 0.4) is 0 Å². The molecule has 0 saturated carbocycles. The first-order valence-electron chi connectivity index (χ1n) is 2.79. The zero-order valence-electron chi connectivity index (χ0n) is 5.48. The SMILES string of the molecule is Cc1cc(C)c(F)cn1. The fourth-order valence-corrected chi connectivity index (χ4v) is 0.680. The lowest BCUT2D eigenvalue weighted by Crippen LogP contribution is -1.86. The minimum absolute atomic E-state index is 0.236. The molecule has 9 heavy (non-hydrogen) atoms. The Kier molecular flexibility index (Phi) is 1.47. The van der Waals surface area contributed by atoms with Gasteiger partial charge in [-0.2, -0.15) is 0 Å². The topological polar surface area (TPSA) is 12.9 Å². The summed E-state index contributed by atoms with van der Waals surface area (Å²) in [4.78, 5) is 3.76. The van der Waals surface area contributed by atoms with E-state index in [9.17, 15) is 4.39 Å². The molecule has 1 rings (SSSR count). The highest BCUT2D eigenvalue weighted by atomic mass is 19.1. The normalized spacial score (nSPS) is 9.67. The molecule has 0 fully saturated rings. The van der Waals surface area contributed by atoms with Gasteiger partial charge in [-0.3, -0.25) is 4.98 Å². The first kappa shape index (κ1) is 6.20. The largest absolute Gasteiger partial charge is 0.259 e. The van der Waals surface area contributed by atoms with Crippen LogP contribution in [0.15, 0.2) is 12.3 Å². The fraction of sp³-hybridized carbons (Fsp3) is 0.286. The van der Waals surface area contributed by atoms with Crippen LogP contribution in [-0.2, 0) is 0 Å². The van der Waals surface area contributed by atoms with E-state index in [1.807, 2.05) is 6.92 Å². The second-order valence-electron chi connectivity index (χ2n) is 2.07. The highest BCUT2D eigenvalue weighted by molar-refractivity contribution is 5.14. The molecule has 1 aromatic heterocycles. The summed E-state index contributed by atoms with van der Waals surface area (Å²) < 4.78 is 12.4. The first-order valence-corrected chi connectivity index (χ1v) is 2.79. The van der Waals surface area contributed by atoms with Crippen LogP contribution < -0.4 is 0 Å². The number of nitrogens with zero attached hydrogens (tertiary/aromatic N) is 1. The lowest BCUT2D eigenvalue weighted by atomic mass is 10.2. The van der Waals surface area contributed by atoms with Crippen LogP contribution in [0.5, 0.6) is 0 Å². The van der Waals surface area contributed by atoms with Crippen molar-refractivity contribution in [1.29, 1.82) is 0 Å². The van der Waals surface area contributed by atoms with Gasteiger partial charge >= 0.3 is 0 Å². The number of aromatic nitrogens is 1. The average molecular weight is 125 g/mol. The van der Waals surface area contributed by atoms with Gasteiger partial charge in [0.05, 0.1) is 6.20 Å². The highest BCUT2D eigenvalue weighted by Gasteiger charge is 1.94. The maximum atomic E-state index is 12.4. The molecular weight excluding hydrogens is 117 g/mol. The van der Waals surface area contributed by atoms with Gasteiger partial charge in [0.15, 0.2) is 0 Å². The van der Waals surface area contributed by atoms with E-state index in [-0.39, 0.29) is 5.82 Å². The van der Waals surface area contributed by atoms with Crippen molar-refractivity contribution < 1.29 is 4.39 Å². The zero-order chi connectivity index (χ0) is 6.85. The molecule has 0 aliphatic carbocycles. The van der Waals surface area contributed by atoms with Crippen LogP contribution in [0, 0.1) is 19.7 Å². The van der Waals surface area contributed by atoms with Crippen molar-refractivity contribution in [3.63, 3.8) is 0 Å². The molecule has 0 spiro atoms. The van der Waals surface area contributed by atoms with E-state index in [0.717, 1.165) is 5.69 Å². The van der Waals surface area contributed by atoms with Crippen LogP contribution in [0.2, 0.25) is 0 Å². The third-order valence-corrected chi connectivity index (χ3v) is 1.18. The first-order chi connectivity index (χ1) is 4.20. The van der Waals surface area contributed by atoms with E-state index in [4.69, 9.17) is 0 Å². The molecule has 0 aromatic carbocycles. The van der Waals surface area contributed by atoms with Crippen molar-refractivity contribution in [2.75, 3.05) is 0 Å². The van der Waals surface area contributed by atoms with E-state index < -0.39 is 0 Å². The molecule has 0 aliphatic rings. The van der Waals surface area contributed by atoms with Gasteiger partial charge in [0.1, 0.15) is 5.82 Å². The highest BCUT2D eigenvalue weighted by Crippen LogP contribution is 2.03. The van der Waals surface area contributed by atoms with Gasteiger partial charge in [-0.15, -0.1) is 0 Å². The van der Waals surface area contributed by atoms with Gasteiger partial charge in [-0.05, 0) is 25.5 Å². The predicted molar refractivity (Wildman–Crippen MR) is 33.7 cm³/mol. The molecule has 1 aromatic rings. The molecule has 48 valence electrons. The summed E-state index contributed by atoms with van der Waals surface area (Å²) in [7, 11) is 0. The van der Waals surface area contributed by atoms with Crippen LogP contribution in [0.4, 0.5) is 4.39 Å². The van der Waals surface area contributed by atoms with Gasteiger partial charge in [0, 0.05) is 5.69 Å². The maximum absolute atomic E-state index is 12.4. The summed E-state index contributed by atoms with van der Waals surface area (Å²) in [5, 5.41) is 0. The van der Waals surface area contributed by atoms with Crippen molar-refractivity contribution >= 4 is 0 Å². The van der Waals surface area contributed by atoms with Gasteiger partial charge in [-0.25, -0.2) is 4.39 Å². The summed E-state index contributed by atoms with van der Waals surface area (Å²) in [5.74, 6) is -0.236. The molecule has 0 radical (unpaired) electrons. The second kappa shape index (κ2) is 2.13. The number of hydrogen-bond donors (Lipinski definition) is 0. The van der Waals surface area contributed by atoms with E-state index in [1.165, 1.54) is 6.20 Å². The Morgan fingerprint density at radius 1 is 1.44 bits per heavy atom. The summed E-state index contributed by atoms with van der Waals surface area (Å²) in [6.45, 7) is 3.57. The molecule has 0 unspecified atom stereocenters. The molecular formula is C7H8FN. The molecule has 0 saturated heterocycles. The Morgan fingerprint density at radius 2 is 2.11 bits per heavy atom. The molecule has 0 amide bonds. The minimum Gasteiger partial charge on any atom is -0.259 e. The van der Waals surface area contributed by atoms with Crippen LogP contribution >= 0.6 is 0 Å². The smallest absolute Gasteiger partial charge is 0.144 e. The van der Waals surface area contributed by atoms with Crippen molar-refractivity contribution in [3.8, 4) is 0 Å². The Hall–Kier alpha value is -0.920. The molecule has 1 heterocycles. The molecule has 0 N–H and O–H groups in total. The van der Waals surface area contributed by atoms with E-state index in [1.54, 1.807) is 13.0 Å². The third-order valence-electron chi connectivity index (χ3n) is 1.18. The van der Waals surface area contributed by atoms with Crippen LogP contribution in [-0.4, -0.2) is 4.98 Å². The van der Waals surface area contributed by atoms with Crippen molar-refractivity contribution in [3.05, 3.63) is 29.3 Å². The van der Waals surface area contributed by atoms with Gasteiger partial charge in [0.25, 0.3) is 0 Å². The van der Waals surface area contributed by atoms with Crippen molar-refractivity contribution in [2.24, 2.45) is 0 Å². The molecule has 0 atom stereocenters. The minimum atomic E-state index is -0.236. The molecule has 0 aliphatic heterocycles. The van der Waals surface area contributed by atoms with Gasteiger partial charge < -0.3 is 0 Å². The van der Waals surface area contributed by atoms with E-state index >= 15 is 0 Å². The second-order valence-corrected chi connectivity index (χ2v) is 2.07. The summed E-state index contributed by atoms with van der Waals surface area (Å²) in [6.07, 6.45) is 1.24. The van der Waals surface area contributed by atoms with Crippen molar-refractivity contribution in [1.82, 2.24) is 4.98 Å². The average Bonchev–Trinajstić information content (AvgIpc) is 1.80. The third kappa shape index (κ3) is 1.25. The summed E-state index contributed by atoms with van der Waals surface area (Å²) >= 11 is 0. The monoisotopic (exact) mass is 125 g/mol. The molecule has 0 bridgehead atoms. The lowest BCUT2D eigenvalue weighted by molar-refractivity contribution is 0.610. The quantitative estimate of drug-likeness (QED) is 0.515. The zero-order valence-corrected chi connectivity index (χ0v) is 5.48. The number of halogens is 1. The lowest BCUT2D eigenvalue weighted by Gasteiger charge is -1.94. The van der Waals surface area contributed by atoms with E-state index in [2.05, 4.69) is 4.98 Å². The number of aryl methyl sites for hydroxylation is 2. The van der Waals surface area contributed by atoms with Crippen molar-refractivity contribution in [2.45, 2.75) is 13.8 Å². The number of pyridine rings is 1. The summed E-state index contributed by atoms with van der Waals surface area (Å²) in [5.41, 5.74) is 1.51. The van der Waals surface area contributed by atoms with Gasteiger partial charge in [0.2, 0.25) is 0 Å². The van der Waals surface area contributed by atoms with Crippen LogP contribution in [0.25, 0.3) is 0 Å².